The molecule has 29 heavy (non-hydrogen) atoms. The summed E-state index contributed by atoms with van der Waals surface area (Å²) in [6, 6.07) is 11.9. The van der Waals surface area contributed by atoms with Crippen molar-refractivity contribution in [2.75, 3.05) is 26.2 Å². The van der Waals surface area contributed by atoms with Gasteiger partial charge < -0.3 is 19.0 Å². The SMILES string of the molecule is Cc1cc(C(=O)N2CCC3(CC2)CN(Cc2ccccc2)C(=O)CCO3)c(C)o1. The average molecular weight is 396 g/mol. The van der Waals surface area contributed by atoms with Crippen LogP contribution >= 0.6 is 0 Å². The van der Waals surface area contributed by atoms with Crippen LogP contribution in [0.4, 0.5) is 0 Å². The van der Waals surface area contributed by atoms with Crippen LogP contribution in [0, 0.1) is 13.8 Å². The number of aryl methyl sites for hydroxylation is 2. The first kappa shape index (κ1) is 19.7. The molecule has 0 bridgehead atoms. The second kappa shape index (κ2) is 8.03. The van der Waals surface area contributed by atoms with E-state index in [1.165, 1.54) is 0 Å². The standard InChI is InChI=1S/C23H28N2O4/c1-17-14-20(18(2)29-17)22(27)24-11-9-23(10-12-24)16-25(21(26)8-13-28-23)15-19-6-4-3-5-7-19/h3-7,14H,8-13,15-16H2,1-2H3. The number of benzene rings is 1. The van der Waals surface area contributed by atoms with E-state index in [2.05, 4.69) is 0 Å². The minimum atomic E-state index is -0.376. The number of likely N-dealkylation sites (tertiary alicyclic amines) is 1. The number of ether oxygens (including phenoxy) is 1. The molecule has 2 aliphatic rings. The molecule has 2 saturated heterocycles. The summed E-state index contributed by atoms with van der Waals surface area (Å²) in [5, 5.41) is 0. The average Bonchev–Trinajstić information content (AvgIpc) is 2.98. The maximum absolute atomic E-state index is 12.9. The van der Waals surface area contributed by atoms with Crippen molar-refractivity contribution >= 4 is 11.8 Å². The minimum absolute atomic E-state index is 0.0139. The van der Waals surface area contributed by atoms with Crippen LogP contribution in [-0.4, -0.2) is 53.5 Å². The van der Waals surface area contributed by atoms with Crippen molar-refractivity contribution in [1.82, 2.24) is 9.80 Å². The third-order valence-electron chi connectivity index (χ3n) is 6.01. The van der Waals surface area contributed by atoms with Crippen LogP contribution in [0.5, 0.6) is 0 Å². The van der Waals surface area contributed by atoms with E-state index in [1.807, 2.05) is 60.0 Å². The minimum Gasteiger partial charge on any atom is -0.466 e. The Kier molecular flexibility index (Phi) is 5.46. The molecule has 1 spiro atoms. The number of carbonyl (C=O) groups excluding carboxylic acids is 2. The highest BCUT2D eigenvalue weighted by Gasteiger charge is 2.41. The number of hydrogen-bond donors (Lipinski definition) is 0. The summed E-state index contributed by atoms with van der Waals surface area (Å²) in [4.78, 5) is 29.3. The fourth-order valence-electron chi connectivity index (χ4n) is 4.38. The van der Waals surface area contributed by atoms with Crippen LogP contribution in [0.2, 0.25) is 0 Å². The van der Waals surface area contributed by atoms with Crippen LogP contribution in [0.25, 0.3) is 0 Å². The number of rotatable bonds is 3. The molecule has 0 radical (unpaired) electrons. The quantitative estimate of drug-likeness (QED) is 0.798. The van der Waals surface area contributed by atoms with Gasteiger partial charge in [-0.15, -0.1) is 0 Å². The van der Waals surface area contributed by atoms with Crippen molar-refractivity contribution < 1.29 is 18.7 Å². The van der Waals surface area contributed by atoms with E-state index in [4.69, 9.17) is 9.15 Å². The van der Waals surface area contributed by atoms with Crippen LogP contribution in [0.15, 0.2) is 40.8 Å². The molecule has 2 fully saturated rings. The zero-order valence-electron chi connectivity index (χ0n) is 17.1. The van der Waals surface area contributed by atoms with Crippen molar-refractivity contribution in [3.8, 4) is 0 Å². The van der Waals surface area contributed by atoms with Gasteiger partial charge in [-0.1, -0.05) is 30.3 Å². The highest BCUT2D eigenvalue weighted by atomic mass is 16.5. The Bertz CT molecular complexity index is 882. The molecule has 0 aliphatic carbocycles. The summed E-state index contributed by atoms with van der Waals surface area (Å²) < 4.78 is 11.7. The summed E-state index contributed by atoms with van der Waals surface area (Å²) in [6.45, 7) is 6.54. The van der Waals surface area contributed by atoms with Gasteiger partial charge in [0.05, 0.1) is 30.7 Å². The van der Waals surface area contributed by atoms with Crippen molar-refractivity contribution in [3.05, 3.63) is 59.0 Å². The highest BCUT2D eigenvalue weighted by Crippen LogP contribution is 2.31. The second-order valence-corrected chi connectivity index (χ2v) is 8.14. The van der Waals surface area contributed by atoms with Gasteiger partial charge in [0.2, 0.25) is 5.91 Å². The Labute approximate surface area is 171 Å². The first-order valence-corrected chi connectivity index (χ1v) is 10.3. The lowest BCUT2D eigenvalue weighted by Crippen LogP contribution is -2.53. The van der Waals surface area contributed by atoms with Crippen molar-refractivity contribution in [1.29, 1.82) is 0 Å². The molecule has 0 N–H and O–H groups in total. The second-order valence-electron chi connectivity index (χ2n) is 8.14. The Morgan fingerprint density at radius 2 is 1.86 bits per heavy atom. The molecule has 3 heterocycles. The monoisotopic (exact) mass is 396 g/mol. The number of carbonyl (C=O) groups is 2. The van der Waals surface area contributed by atoms with Crippen LogP contribution in [0.3, 0.4) is 0 Å². The van der Waals surface area contributed by atoms with E-state index in [1.54, 1.807) is 0 Å². The Balaban J connectivity index is 1.44. The smallest absolute Gasteiger partial charge is 0.257 e. The molecule has 154 valence electrons. The van der Waals surface area contributed by atoms with E-state index >= 15 is 0 Å². The lowest BCUT2D eigenvalue weighted by Gasteiger charge is -2.42. The molecule has 0 saturated carbocycles. The topological polar surface area (TPSA) is 63.0 Å². The normalized spacial score (nSPS) is 19.4. The fourth-order valence-corrected chi connectivity index (χ4v) is 4.38. The van der Waals surface area contributed by atoms with Crippen molar-refractivity contribution in [2.45, 2.75) is 45.3 Å². The van der Waals surface area contributed by atoms with Crippen LogP contribution < -0.4 is 0 Å². The summed E-state index contributed by atoms with van der Waals surface area (Å²) >= 11 is 0. The highest BCUT2D eigenvalue weighted by molar-refractivity contribution is 5.95. The summed E-state index contributed by atoms with van der Waals surface area (Å²) in [7, 11) is 0. The molecule has 0 unspecified atom stereocenters. The molecule has 6 nitrogen and oxygen atoms in total. The fraction of sp³-hybridized carbons (Fsp3) is 0.478. The van der Waals surface area contributed by atoms with Crippen LogP contribution in [0.1, 0.15) is 46.7 Å². The van der Waals surface area contributed by atoms with Gasteiger partial charge in [0, 0.05) is 19.6 Å². The summed E-state index contributed by atoms with van der Waals surface area (Å²) in [6.07, 6.45) is 1.87. The van der Waals surface area contributed by atoms with Gasteiger partial charge in [0.15, 0.2) is 0 Å². The largest absolute Gasteiger partial charge is 0.466 e. The number of nitrogens with zero attached hydrogens (tertiary/aromatic N) is 2. The predicted molar refractivity (Wildman–Crippen MR) is 108 cm³/mol. The number of amides is 2. The zero-order chi connectivity index (χ0) is 20.4. The van der Waals surface area contributed by atoms with E-state index in [0.29, 0.717) is 50.5 Å². The number of furan rings is 1. The lowest BCUT2D eigenvalue weighted by atomic mass is 9.90. The molecule has 2 amide bonds. The molecule has 2 aliphatic heterocycles. The van der Waals surface area contributed by atoms with Gasteiger partial charge in [-0.05, 0) is 38.3 Å². The molecule has 6 heteroatoms. The molecule has 4 rings (SSSR count). The Hall–Kier alpha value is -2.60. The molecule has 2 aromatic rings. The number of piperidine rings is 1. The van der Waals surface area contributed by atoms with Crippen molar-refractivity contribution in [2.24, 2.45) is 0 Å². The Morgan fingerprint density at radius 1 is 1.14 bits per heavy atom. The molecule has 1 aromatic heterocycles. The van der Waals surface area contributed by atoms with Gasteiger partial charge in [-0.2, -0.15) is 0 Å². The van der Waals surface area contributed by atoms with Gasteiger partial charge in [0.25, 0.3) is 5.91 Å². The molecule has 1 aromatic carbocycles. The first-order chi connectivity index (χ1) is 14.0. The van der Waals surface area contributed by atoms with E-state index in [0.717, 1.165) is 24.2 Å². The maximum atomic E-state index is 12.9. The summed E-state index contributed by atoms with van der Waals surface area (Å²) in [5.41, 5.74) is 1.39. The third kappa shape index (κ3) is 4.22. The van der Waals surface area contributed by atoms with Crippen molar-refractivity contribution in [3.63, 3.8) is 0 Å². The maximum Gasteiger partial charge on any atom is 0.257 e. The lowest BCUT2D eigenvalue weighted by molar-refractivity contribution is -0.132. The van der Waals surface area contributed by atoms with E-state index < -0.39 is 0 Å². The van der Waals surface area contributed by atoms with Crippen LogP contribution in [-0.2, 0) is 16.1 Å². The van der Waals surface area contributed by atoms with E-state index in [9.17, 15) is 9.59 Å². The van der Waals surface area contributed by atoms with Gasteiger partial charge in [-0.3, -0.25) is 9.59 Å². The predicted octanol–water partition coefficient (Wildman–Crippen LogP) is 3.32. The van der Waals surface area contributed by atoms with E-state index in [-0.39, 0.29) is 17.4 Å². The van der Waals surface area contributed by atoms with Gasteiger partial charge >= 0.3 is 0 Å². The molecular formula is C23H28N2O4. The molecule has 0 atom stereocenters. The zero-order valence-corrected chi connectivity index (χ0v) is 17.1. The molecular weight excluding hydrogens is 368 g/mol. The van der Waals surface area contributed by atoms with Gasteiger partial charge in [-0.25, -0.2) is 0 Å². The Morgan fingerprint density at radius 3 is 2.52 bits per heavy atom. The van der Waals surface area contributed by atoms with Gasteiger partial charge in [0.1, 0.15) is 11.5 Å². The first-order valence-electron chi connectivity index (χ1n) is 10.3. The summed E-state index contributed by atoms with van der Waals surface area (Å²) in [5.74, 6) is 1.56. The third-order valence-corrected chi connectivity index (χ3v) is 6.01. The number of hydrogen-bond acceptors (Lipinski definition) is 4.